The maximum absolute atomic E-state index is 14.2. The highest BCUT2D eigenvalue weighted by Crippen LogP contribution is 2.33. The Balaban J connectivity index is 1.36. The molecule has 2 aliphatic heterocycles. The SMILES string of the molecule is CN1CCC(c2ccccc2CC(C)(C)Nc2nc(N3CCOCC3)nc(-n3c(C(F)F)nc4ccccc43)n2)CC1. The van der Waals surface area contributed by atoms with E-state index in [4.69, 9.17) is 14.7 Å². The van der Waals surface area contributed by atoms with Crippen molar-refractivity contribution in [2.24, 2.45) is 0 Å². The van der Waals surface area contributed by atoms with Gasteiger partial charge in [0.2, 0.25) is 17.8 Å². The summed E-state index contributed by atoms with van der Waals surface area (Å²) in [4.78, 5) is 22.8. The highest BCUT2D eigenvalue weighted by atomic mass is 19.3. The van der Waals surface area contributed by atoms with Crippen molar-refractivity contribution < 1.29 is 13.5 Å². The lowest BCUT2D eigenvalue weighted by Gasteiger charge is -2.33. The van der Waals surface area contributed by atoms with Crippen molar-refractivity contribution in [3.63, 3.8) is 0 Å². The standard InChI is InChI=1S/C31H38F2N8O/c1-31(2,20-22-8-4-5-9-23(22)21-12-14-39(3)15-13-21)38-28-35-29(40-16-18-42-19-17-40)37-30(36-28)41-25-11-7-6-10-24(25)34-27(41)26(32)33/h4-11,21,26H,12-20H2,1-3H3,(H,35,36,37,38). The van der Waals surface area contributed by atoms with Crippen molar-refractivity contribution in [3.8, 4) is 5.95 Å². The third kappa shape index (κ3) is 6.07. The number of halogens is 2. The molecular weight excluding hydrogens is 538 g/mol. The number of imidazole rings is 1. The Bertz CT molecular complexity index is 1530. The second-order valence-corrected chi connectivity index (χ2v) is 11.9. The summed E-state index contributed by atoms with van der Waals surface area (Å²) in [5.41, 5.74) is 3.24. The van der Waals surface area contributed by atoms with Gasteiger partial charge in [-0.1, -0.05) is 36.4 Å². The third-order valence-electron chi connectivity index (χ3n) is 8.18. The number of nitrogens with zero attached hydrogens (tertiary/aromatic N) is 7. The molecule has 9 nitrogen and oxygen atoms in total. The minimum atomic E-state index is -2.80. The maximum atomic E-state index is 14.2. The second-order valence-electron chi connectivity index (χ2n) is 11.9. The van der Waals surface area contributed by atoms with E-state index in [9.17, 15) is 8.78 Å². The Morgan fingerprint density at radius 1 is 0.905 bits per heavy atom. The van der Waals surface area contributed by atoms with E-state index in [0.29, 0.717) is 55.2 Å². The van der Waals surface area contributed by atoms with Crippen LogP contribution in [0.1, 0.15) is 56.0 Å². The van der Waals surface area contributed by atoms with Gasteiger partial charge in [0.25, 0.3) is 6.43 Å². The summed E-state index contributed by atoms with van der Waals surface area (Å²) < 4.78 is 35.3. The number of fused-ring (bicyclic) bond motifs is 1. The summed E-state index contributed by atoms with van der Waals surface area (Å²) in [7, 11) is 2.18. The quantitative estimate of drug-likeness (QED) is 0.306. The second kappa shape index (κ2) is 11.9. The number of para-hydroxylation sites is 2. The van der Waals surface area contributed by atoms with Crippen LogP contribution < -0.4 is 10.2 Å². The number of alkyl halides is 2. The Morgan fingerprint density at radius 3 is 2.36 bits per heavy atom. The van der Waals surface area contributed by atoms with Gasteiger partial charge in [0.1, 0.15) is 0 Å². The zero-order valence-electron chi connectivity index (χ0n) is 24.4. The van der Waals surface area contributed by atoms with Gasteiger partial charge in [-0.05, 0) is 82.4 Å². The van der Waals surface area contributed by atoms with Crippen LogP contribution in [0.5, 0.6) is 0 Å². The first kappa shape index (κ1) is 28.4. The van der Waals surface area contributed by atoms with Crippen molar-refractivity contribution in [1.29, 1.82) is 0 Å². The van der Waals surface area contributed by atoms with Crippen molar-refractivity contribution in [2.45, 2.75) is 51.0 Å². The van der Waals surface area contributed by atoms with Gasteiger partial charge in [-0.15, -0.1) is 0 Å². The first-order chi connectivity index (χ1) is 20.3. The van der Waals surface area contributed by atoms with Crippen LogP contribution >= 0.6 is 0 Å². The van der Waals surface area contributed by atoms with E-state index in [-0.39, 0.29) is 5.95 Å². The first-order valence-corrected chi connectivity index (χ1v) is 14.7. The number of likely N-dealkylation sites (tertiary alicyclic amines) is 1. The van der Waals surface area contributed by atoms with E-state index in [1.807, 2.05) is 4.90 Å². The lowest BCUT2D eigenvalue weighted by molar-refractivity contribution is 0.122. The zero-order chi connectivity index (χ0) is 29.3. The van der Waals surface area contributed by atoms with Gasteiger partial charge in [-0.3, -0.25) is 4.57 Å². The highest BCUT2D eigenvalue weighted by Gasteiger charge is 2.28. The van der Waals surface area contributed by atoms with Gasteiger partial charge in [-0.2, -0.15) is 15.0 Å². The third-order valence-corrected chi connectivity index (χ3v) is 8.18. The molecule has 0 amide bonds. The number of ether oxygens (including phenoxy) is 1. The van der Waals surface area contributed by atoms with Gasteiger partial charge in [0.05, 0.1) is 24.2 Å². The van der Waals surface area contributed by atoms with E-state index in [2.05, 4.69) is 65.3 Å². The molecule has 2 fully saturated rings. The summed E-state index contributed by atoms with van der Waals surface area (Å²) in [5.74, 6) is 1.01. The highest BCUT2D eigenvalue weighted by molar-refractivity contribution is 5.77. The monoisotopic (exact) mass is 576 g/mol. The average Bonchev–Trinajstić information content (AvgIpc) is 3.38. The van der Waals surface area contributed by atoms with Crippen LogP contribution in [0.4, 0.5) is 20.7 Å². The lowest BCUT2D eigenvalue weighted by atomic mass is 9.83. The molecule has 0 radical (unpaired) electrons. The predicted molar refractivity (Wildman–Crippen MR) is 160 cm³/mol. The number of piperidine rings is 1. The molecule has 2 aromatic heterocycles. The summed E-state index contributed by atoms with van der Waals surface area (Å²) in [6, 6.07) is 15.7. The minimum Gasteiger partial charge on any atom is -0.378 e. The summed E-state index contributed by atoms with van der Waals surface area (Å²) in [6.45, 7) is 8.72. The topological polar surface area (TPSA) is 84.2 Å². The molecule has 0 spiro atoms. The molecule has 0 bridgehead atoms. The van der Waals surface area contributed by atoms with Gasteiger partial charge in [0.15, 0.2) is 5.82 Å². The van der Waals surface area contributed by atoms with Crippen LogP contribution in [0.3, 0.4) is 0 Å². The van der Waals surface area contributed by atoms with Crippen LogP contribution in [0, 0.1) is 0 Å². The van der Waals surface area contributed by atoms with Gasteiger partial charge < -0.3 is 19.9 Å². The fraction of sp³-hybridized carbons (Fsp3) is 0.484. The van der Waals surface area contributed by atoms with Crippen LogP contribution in [-0.2, 0) is 11.2 Å². The number of rotatable bonds is 8. The number of aromatic nitrogens is 5. The van der Waals surface area contributed by atoms with E-state index in [0.717, 1.165) is 32.4 Å². The molecule has 11 heteroatoms. The number of morpholine rings is 1. The summed E-state index contributed by atoms with van der Waals surface area (Å²) in [5, 5.41) is 3.53. The minimum absolute atomic E-state index is 0.112. The van der Waals surface area contributed by atoms with E-state index < -0.39 is 17.8 Å². The van der Waals surface area contributed by atoms with Crippen molar-refractivity contribution in [3.05, 3.63) is 65.5 Å². The van der Waals surface area contributed by atoms with Crippen molar-refractivity contribution >= 4 is 22.9 Å². The Morgan fingerprint density at radius 2 is 1.60 bits per heavy atom. The molecular formula is C31H38F2N8O. The number of hydrogen-bond donors (Lipinski definition) is 1. The van der Waals surface area contributed by atoms with Gasteiger partial charge in [0, 0.05) is 18.6 Å². The Labute approximate surface area is 245 Å². The molecule has 0 unspecified atom stereocenters. The van der Waals surface area contributed by atoms with Crippen molar-refractivity contribution in [2.75, 3.05) is 56.7 Å². The molecule has 0 aliphatic carbocycles. The van der Waals surface area contributed by atoms with E-state index in [1.54, 1.807) is 24.3 Å². The Kier molecular flexibility index (Phi) is 8.04. The van der Waals surface area contributed by atoms with E-state index >= 15 is 0 Å². The van der Waals surface area contributed by atoms with E-state index in [1.165, 1.54) is 15.7 Å². The molecule has 0 atom stereocenters. The maximum Gasteiger partial charge on any atom is 0.296 e. The zero-order valence-corrected chi connectivity index (χ0v) is 24.4. The molecule has 4 heterocycles. The molecule has 42 heavy (non-hydrogen) atoms. The fourth-order valence-electron chi connectivity index (χ4n) is 6.05. The first-order valence-electron chi connectivity index (χ1n) is 14.7. The summed E-state index contributed by atoms with van der Waals surface area (Å²) >= 11 is 0. The molecule has 2 aromatic carbocycles. The lowest BCUT2D eigenvalue weighted by Crippen LogP contribution is -2.39. The molecule has 4 aromatic rings. The van der Waals surface area contributed by atoms with Crippen LogP contribution in [0.2, 0.25) is 0 Å². The normalized spacial score (nSPS) is 17.3. The molecule has 2 saturated heterocycles. The van der Waals surface area contributed by atoms with Crippen LogP contribution in [-0.4, -0.2) is 81.4 Å². The van der Waals surface area contributed by atoms with Crippen LogP contribution in [0.25, 0.3) is 17.0 Å². The number of hydrogen-bond acceptors (Lipinski definition) is 8. The molecule has 0 saturated carbocycles. The van der Waals surface area contributed by atoms with Gasteiger partial charge >= 0.3 is 0 Å². The molecule has 2 aliphatic rings. The predicted octanol–water partition coefficient (Wildman–Crippen LogP) is 5.23. The number of anilines is 2. The molecule has 222 valence electrons. The molecule has 6 rings (SSSR count). The smallest absolute Gasteiger partial charge is 0.296 e. The largest absolute Gasteiger partial charge is 0.378 e. The summed E-state index contributed by atoms with van der Waals surface area (Å²) in [6.07, 6.45) is 0.239. The number of benzene rings is 2. The van der Waals surface area contributed by atoms with Crippen LogP contribution in [0.15, 0.2) is 48.5 Å². The number of nitrogens with one attached hydrogen (secondary N) is 1. The Hall–Kier alpha value is -3.70. The van der Waals surface area contributed by atoms with Gasteiger partial charge in [-0.25, -0.2) is 13.8 Å². The van der Waals surface area contributed by atoms with Crippen molar-refractivity contribution in [1.82, 2.24) is 29.4 Å². The fourth-order valence-corrected chi connectivity index (χ4v) is 6.05. The molecule has 1 N–H and O–H groups in total. The average molecular weight is 577 g/mol.